The smallest absolute Gasteiger partial charge is 0.260 e. The van der Waals surface area contributed by atoms with E-state index in [0.717, 1.165) is 23.9 Å². The van der Waals surface area contributed by atoms with Crippen LogP contribution >= 0.6 is 0 Å². The number of carbonyl (C=O) groups is 1. The van der Waals surface area contributed by atoms with Crippen molar-refractivity contribution in [3.05, 3.63) is 24.3 Å². The van der Waals surface area contributed by atoms with Crippen LogP contribution in [0.2, 0.25) is 0 Å². The maximum absolute atomic E-state index is 11.8. The summed E-state index contributed by atoms with van der Waals surface area (Å²) in [5, 5.41) is 10.9. The molecule has 1 saturated carbocycles. The van der Waals surface area contributed by atoms with E-state index in [1.165, 1.54) is 24.1 Å². The molecule has 0 bridgehead atoms. The molecule has 0 unspecified atom stereocenters. The van der Waals surface area contributed by atoms with Crippen LogP contribution in [0.15, 0.2) is 24.3 Å². The second-order valence-electron chi connectivity index (χ2n) is 5.13. The van der Waals surface area contributed by atoms with Crippen LogP contribution in [-0.2, 0) is 4.79 Å². The molecule has 1 aliphatic carbocycles. The molecular formula is C14H18N4O2. The fraction of sp³-hybridized carbons (Fsp3) is 0.500. The number of hydrogen-bond donors (Lipinski definition) is 1. The van der Waals surface area contributed by atoms with Gasteiger partial charge in [0.25, 0.3) is 5.91 Å². The van der Waals surface area contributed by atoms with Gasteiger partial charge in [0.1, 0.15) is 11.0 Å². The van der Waals surface area contributed by atoms with E-state index < -0.39 is 0 Å². The van der Waals surface area contributed by atoms with Gasteiger partial charge in [-0.1, -0.05) is 36.2 Å². The lowest BCUT2D eigenvalue weighted by atomic mass is 9.95. The quantitative estimate of drug-likeness (QED) is 0.912. The highest BCUT2D eigenvalue weighted by Gasteiger charge is 2.16. The minimum absolute atomic E-state index is 0.0378. The Morgan fingerprint density at radius 1 is 1.30 bits per heavy atom. The van der Waals surface area contributed by atoms with Gasteiger partial charge in [-0.15, -0.1) is 5.10 Å². The molecule has 1 aliphatic rings. The molecule has 1 amide bonds. The fourth-order valence-electron chi connectivity index (χ4n) is 2.58. The summed E-state index contributed by atoms with van der Waals surface area (Å²) in [6, 6.07) is 7.77. The molecule has 0 radical (unpaired) electrons. The second kappa shape index (κ2) is 5.90. The Balaban J connectivity index is 1.54. The summed E-state index contributed by atoms with van der Waals surface area (Å²) in [6.45, 7) is -0.0378. The molecule has 1 aromatic heterocycles. The van der Waals surface area contributed by atoms with Crippen LogP contribution in [0.5, 0.6) is 0 Å². The summed E-state index contributed by atoms with van der Waals surface area (Å²) >= 11 is 0. The minimum Gasteiger partial charge on any atom is -0.385 e. The van der Waals surface area contributed by atoms with Gasteiger partial charge in [-0.2, -0.15) is 0 Å². The molecule has 3 rings (SSSR count). The van der Waals surface area contributed by atoms with Gasteiger partial charge in [0.2, 0.25) is 0 Å². The summed E-state index contributed by atoms with van der Waals surface area (Å²) in [7, 11) is 0. The highest BCUT2D eigenvalue weighted by Crippen LogP contribution is 2.17. The molecule has 1 fully saturated rings. The highest BCUT2D eigenvalue weighted by molar-refractivity contribution is 5.78. The average molecular weight is 274 g/mol. The van der Waals surface area contributed by atoms with Crippen LogP contribution in [-0.4, -0.2) is 33.7 Å². The summed E-state index contributed by atoms with van der Waals surface area (Å²) < 4.78 is 0. The molecule has 0 aliphatic heterocycles. The van der Waals surface area contributed by atoms with Crippen LogP contribution in [0.1, 0.15) is 32.1 Å². The molecule has 1 N–H and O–H groups in total. The van der Waals surface area contributed by atoms with E-state index in [-0.39, 0.29) is 12.5 Å². The Kier molecular flexibility index (Phi) is 3.80. The average Bonchev–Trinajstić information content (AvgIpc) is 2.89. The van der Waals surface area contributed by atoms with Gasteiger partial charge < -0.3 is 10.2 Å². The van der Waals surface area contributed by atoms with E-state index in [0.29, 0.717) is 6.04 Å². The van der Waals surface area contributed by atoms with E-state index in [4.69, 9.17) is 4.84 Å². The second-order valence-corrected chi connectivity index (χ2v) is 5.13. The van der Waals surface area contributed by atoms with Crippen LogP contribution in [0.3, 0.4) is 0 Å². The number of fused-ring (bicyclic) bond motifs is 1. The number of aromatic nitrogens is 3. The Labute approximate surface area is 117 Å². The summed E-state index contributed by atoms with van der Waals surface area (Å²) in [4.78, 5) is 18.5. The van der Waals surface area contributed by atoms with E-state index in [1.54, 1.807) is 0 Å². The first kappa shape index (κ1) is 12.9. The minimum atomic E-state index is -0.100. The molecule has 1 heterocycles. The van der Waals surface area contributed by atoms with Gasteiger partial charge in [-0.3, -0.25) is 4.79 Å². The van der Waals surface area contributed by atoms with E-state index in [2.05, 4.69) is 15.6 Å². The molecule has 6 nitrogen and oxygen atoms in total. The van der Waals surface area contributed by atoms with Crippen molar-refractivity contribution < 1.29 is 9.63 Å². The van der Waals surface area contributed by atoms with E-state index >= 15 is 0 Å². The van der Waals surface area contributed by atoms with Gasteiger partial charge in [0.15, 0.2) is 6.61 Å². The first-order valence-corrected chi connectivity index (χ1v) is 7.06. The lowest BCUT2D eigenvalue weighted by Crippen LogP contribution is -2.40. The first-order valence-electron chi connectivity index (χ1n) is 7.06. The van der Waals surface area contributed by atoms with Gasteiger partial charge in [0.05, 0.1) is 0 Å². The molecule has 2 aromatic rings. The van der Waals surface area contributed by atoms with Gasteiger partial charge in [0, 0.05) is 6.04 Å². The maximum Gasteiger partial charge on any atom is 0.260 e. The third-order valence-corrected chi connectivity index (χ3v) is 3.61. The topological polar surface area (TPSA) is 69.0 Å². The first-order chi connectivity index (χ1) is 9.83. The molecule has 0 spiro atoms. The normalized spacial score (nSPS) is 16.2. The number of amides is 1. The monoisotopic (exact) mass is 274 g/mol. The number of carbonyl (C=O) groups excluding carboxylic acids is 1. The van der Waals surface area contributed by atoms with Crippen LogP contribution in [0.4, 0.5) is 0 Å². The van der Waals surface area contributed by atoms with Crippen molar-refractivity contribution in [2.75, 3.05) is 6.61 Å². The highest BCUT2D eigenvalue weighted by atomic mass is 16.7. The number of benzene rings is 1. The van der Waals surface area contributed by atoms with Crippen molar-refractivity contribution in [1.29, 1.82) is 0 Å². The largest absolute Gasteiger partial charge is 0.385 e. The molecule has 20 heavy (non-hydrogen) atoms. The number of nitrogens with one attached hydrogen (secondary N) is 1. The molecule has 0 saturated heterocycles. The van der Waals surface area contributed by atoms with Crippen molar-refractivity contribution >= 4 is 16.9 Å². The Hall–Kier alpha value is -2.11. The zero-order valence-corrected chi connectivity index (χ0v) is 11.3. The predicted octanol–water partition coefficient (Wildman–Crippen LogP) is 1.31. The van der Waals surface area contributed by atoms with Gasteiger partial charge >= 0.3 is 0 Å². The fourth-order valence-corrected chi connectivity index (χ4v) is 2.58. The van der Waals surface area contributed by atoms with Gasteiger partial charge in [-0.25, -0.2) is 0 Å². The standard InChI is InChI=1S/C14H18N4O2/c19-14(15-11-6-2-1-3-7-11)10-20-18-13-9-5-4-8-12(13)16-17-18/h4-5,8-9,11H,1-3,6-7,10H2,(H,15,19). The number of hydrogen-bond acceptors (Lipinski definition) is 4. The van der Waals surface area contributed by atoms with Crippen molar-refractivity contribution in [1.82, 2.24) is 20.5 Å². The Bertz CT molecular complexity index is 590. The van der Waals surface area contributed by atoms with Crippen molar-refractivity contribution in [2.45, 2.75) is 38.1 Å². The summed E-state index contributed by atoms with van der Waals surface area (Å²) in [5.41, 5.74) is 1.51. The molecular weight excluding hydrogens is 256 g/mol. The molecule has 0 atom stereocenters. The summed E-state index contributed by atoms with van der Waals surface area (Å²) in [6.07, 6.45) is 5.79. The molecule has 1 aromatic carbocycles. The lowest BCUT2D eigenvalue weighted by Gasteiger charge is -2.22. The van der Waals surface area contributed by atoms with Crippen LogP contribution in [0.25, 0.3) is 11.0 Å². The Morgan fingerprint density at radius 2 is 2.10 bits per heavy atom. The molecule has 106 valence electrons. The lowest BCUT2D eigenvalue weighted by molar-refractivity contribution is -0.127. The van der Waals surface area contributed by atoms with Crippen LogP contribution < -0.4 is 10.2 Å². The van der Waals surface area contributed by atoms with E-state index in [1.807, 2.05) is 24.3 Å². The van der Waals surface area contributed by atoms with Gasteiger partial charge in [-0.05, 0) is 30.2 Å². The molecule has 6 heteroatoms. The SMILES string of the molecule is O=C(COn1nnc2ccccc21)NC1CCCCC1. The Morgan fingerprint density at radius 3 is 2.95 bits per heavy atom. The third kappa shape index (κ3) is 2.89. The predicted molar refractivity (Wildman–Crippen MR) is 74.0 cm³/mol. The zero-order chi connectivity index (χ0) is 13.8. The zero-order valence-electron chi connectivity index (χ0n) is 11.3. The number of rotatable bonds is 4. The van der Waals surface area contributed by atoms with Crippen LogP contribution in [0, 0.1) is 0 Å². The number of nitrogens with zero attached hydrogens (tertiary/aromatic N) is 3. The van der Waals surface area contributed by atoms with Crippen molar-refractivity contribution in [3.8, 4) is 0 Å². The third-order valence-electron chi connectivity index (χ3n) is 3.61. The van der Waals surface area contributed by atoms with Crippen molar-refractivity contribution in [2.24, 2.45) is 0 Å². The van der Waals surface area contributed by atoms with Crippen molar-refractivity contribution in [3.63, 3.8) is 0 Å². The summed E-state index contributed by atoms with van der Waals surface area (Å²) in [5.74, 6) is -0.100. The maximum atomic E-state index is 11.8. The van der Waals surface area contributed by atoms with E-state index in [9.17, 15) is 4.79 Å². The number of para-hydroxylation sites is 1.